The third-order valence-corrected chi connectivity index (χ3v) is 5.55. The molecule has 1 N–H and O–H groups in total. The van der Waals surface area contributed by atoms with Crippen LogP contribution in [0.15, 0.2) is 24.3 Å². The Balaban J connectivity index is 1.53. The molecule has 1 aromatic carbocycles. The SMILES string of the molecule is CN1CCCC(CNC2CC2)C1c1cccc(C2CC2)c1. The molecule has 3 aliphatic rings. The van der Waals surface area contributed by atoms with Gasteiger partial charge in [-0.25, -0.2) is 0 Å². The number of rotatable bonds is 5. The molecular weight excluding hydrogens is 256 g/mol. The fourth-order valence-corrected chi connectivity index (χ4v) is 4.02. The molecule has 1 heterocycles. The van der Waals surface area contributed by atoms with Gasteiger partial charge in [0.05, 0.1) is 0 Å². The largest absolute Gasteiger partial charge is 0.314 e. The maximum Gasteiger partial charge on any atom is 0.0385 e. The van der Waals surface area contributed by atoms with Crippen molar-refractivity contribution in [2.45, 2.75) is 56.5 Å². The Bertz CT molecular complexity index is 490. The van der Waals surface area contributed by atoms with E-state index >= 15 is 0 Å². The number of nitrogens with zero attached hydrogens (tertiary/aromatic N) is 1. The molecule has 21 heavy (non-hydrogen) atoms. The minimum atomic E-state index is 0.615. The van der Waals surface area contributed by atoms with E-state index in [0.717, 1.165) is 17.9 Å². The second-order valence-corrected chi connectivity index (χ2v) is 7.45. The van der Waals surface area contributed by atoms with Crippen LogP contribution in [0.25, 0.3) is 0 Å². The predicted molar refractivity (Wildman–Crippen MR) is 87.5 cm³/mol. The van der Waals surface area contributed by atoms with E-state index < -0.39 is 0 Å². The van der Waals surface area contributed by atoms with Crippen LogP contribution in [0.1, 0.15) is 61.6 Å². The molecule has 3 fully saturated rings. The van der Waals surface area contributed by atoms with Crippen molar-refractivity contribution in [1.82, 2.24) is 10.2 Å². The standard InChI is InChI=1S/C19H28N2/c1-21-11-3-6-17(13-20-18-9-10-18)19(21)16-5-2-4-15(12-16)14-7-8-14/h2,4-5,12,14,17-20H,3,6-11,13H2,1H3. The van der Waals surface area contributed by atoms with Gasteiger partial charge in [0.1, 0.15) is 0 Å². The van der Waals surface area contributed by atoms with Crippen LogP contribution in [-0.2, 0) is 0 Å². The molecule has 2 saturated carbocycles. The summed E-state index contributed by atoms with van der Waals surface area (Å²) in [5.74, 6) is 1.64. The van der Waals surface area contributed by atoms with E-state index in [0.29, 0.717) is 6.04 Å². The average molecular weight is 284 g/mol. The third-order valence-electron chi connectivity index (χ3n) is 5.55. The zero-order valence-corrected chi connectivity index (χ0v) is 13.2. The molecule has 2 aliphatic carbocycles. The van der Waals surface area contributed by atoms with Gasteiger partial charge in [-0.1, -0.05) is 24.3 Å². The summed E-state index contributed by atoms with van der Waals surface area (Å²) >= 11 is 0. The number of hydrogen-bond acceptors (Lipinski definition) is 2. The number of benzene rings is 1. The van der Waals surface area contributed by atoms with Crippen molar-refractivity contribution in [3.8, 4) is 0 Å². The maximum atomic E-state index is 3.77. The van der Waals surface area contributed by atoms with Gasteiger partial charge in [-0.05, 0) is 75.1 Å². The minimum Gasteiger partial charge on any atom is -0.314 e. The molecule has 0 spiro atoms. The fraction of sp³-hybridized carbons (Fsp3) is 0.684. The van der Waals surface area contributed by atoms with Gasteiger partial charge in [-0.15, -0.1) is 0 Å². The second-order valence-electron chi connectivity index (χ2n) is 7.45. The topological polar surface area (TPSA) is 15.3 Å². The van der Waals surface area contributed by atoms with E-state index in [1.165, 1.54) is 51.6 Å². The third kappa shape index (κ3) is 3.17. The summed E-state index contributed by atoms with van der Waals surface area (Å²) in [6.07, 6.45) is 8.32. The average Bonchev–Trinajstić information content (AvgIpc) is 3.39. The van der Waals surface area contributed by atoms with Crippen molar-refractivity contribution >= 4 is 0 Å². The fourth-order valence-electron chi connectivity index (χ4n) is 4.02. The summed E-state index contributed by atoms with van der Waals surface area (Å²) in [4.78, 5) is 2.59. The molecule has 2 heteroatoms. The quantitative estimate of drug-likeness (QED) is 0.887. The highest BCUT2D eigenvalue weighted by Crippen LogP contribution is 2.42. The molecule has 2 unspecified atom stereocenters. The zero-order chi connectivity index (χ0) is 14.2. The number of piperidine rings is 1. The summed E-state index contributed by atoms with van der Waals surface area (Å²) in [5.41, 5.74) is 3.14. The molecule has 2 nitrogen and oxygen atoms in total. The van der Waals surface area contributed by atoms with E-state index in [4.69, 9.17) is 0 Å². The van der Waals surface area contributed by atoms with E-state index in [2.05, 4.69) is 41.5 Å². The summed E-state index contributed by atoms with van der Waals surface area (Å²) < 4.78 is 0. The normalized spacial score (nSPS) is 30.5. The Morgan fingerprint density at radius 3 is 2.67 bits per heavy atom. The van der Waals surface area contributed by atoms with Gasteiger partial charge < -0.3 is 5.32 Å². The van der Waals surface area contributed by atoms with Crippen LogP contribution >= 0.6 is 0 Å². The van der Waals surface area contributed by atoms with Crippen LogP contribution in [-0.4, -0.2) is 31.1 Å². The van der Waals surface area contributed by atoms with Crippen molar-refractivity contribution in [1.29, 1.82) is 0 Å². The highest BCUT2D eigenvalue weighted by molar-refractivity contribution is 5.31. The Hall–Kier alpha value is -0.860. The summed E-state index contributed by atoms with van der Waals surface area (Å²) in [6, 6.07) is 10.9. The summed E-state index contributed by atoms with van der Waals surface area (Å²) in [6.45, 7) is 2.45. The molecule has 0 aromatic heterocycles. The molecule has 0 radical (unpaired) electrons. The molecular formula is C19H28N2. The highest BCUT2D eigenvalue weighted by atomic mass is 15.1. The molecule has 2 atom stereocenters. The van der Waals surface area contributed by atoms with Gasteiger partial charge in [0.2, 0.25) is 0 Å². The van der Waals surface area contributed by atoms with Gasteiger partial charge in [-0.3, -0.25) is 4.90 Å². The number of nitrogens with one attached hydrogen (secondary N) is 1. The molecule has 1 saturated heterocycles. The van der Waals surface area contributed by atoms with Crippen molar-refractivity contribution in [2.75, 3.05) is 20.1 Å². The van der Waals surface area contributed by atoms with Crippen LogP contribution in [0.3, 0.4) is 0 Å². The van der Waals surface area contributed by atoms with Gasteiger partial charge >= 0.3 is 0 Å². The maximum absolute atomic E-state index is 3.77. The van der Waals surface area contributed by atoms with Crippen LogP contribution in [0.4, 0.5) is 0 Å². The minimum absolute atomic E-state index is 0.615. The number of hydrogen-bond donors (Lipinski definition) is 1. The molecule has 0 bridgehead atoms. The second kappa shape index (κ2) is 5.73. The Morgan fingerprint density at radius 2 is 1.90 bits per heavy atom. The summed E-state index contributed by atoms with van der Waals surface area (Å²) in [7, 11) is 2.32. The van der Waals surface area contributed by atoms with Crippen molar-refractivity contribution in [2.24, 2.45) is 5.92 Å². The molecule has 1 aliphatic heterocycles. The van der Waals surface area contributed by atoms with Crippen molar-refractivity contribution < 1.29 is 0 Å². The monoisotopic (exact) mass is 284 g/mol. The summed E-state index contributed by atoms with van der Waals surface area (Å²) in [5, 5.41) is 3.77. The first-order valence-electron chi connectivity index (χ1n) is 8.85. The Kier molecular flexibility index (Phi) is 3.76. The first kappa shape index (κ1) is 13.8. The molecule has 114 valence electrons. The van der Waals surface area contributed by atoms with E-state index in [1.807, 2.05) is 0 Å². The predicted octanol–water partition coefficient (Wildman–Crippen LogP) is 3.70. The molecule has 1 aromatic rings. The van der Waals surface area contributed by atoms with E-state index in [-0.39, 0.29) is 0 Å². The lowest BCUT2D eigenvalue weighted by atomic mass is 9.84. The molecule has 4 rings (SSSR count). The van der Waals surface area contributed by atoms with Crippen LogP contribution < -0.4 is 5.32 Å². The smallest absolute Gasteiger partial charge is 0.0385 e. The molecule has 0 amide bonds. The van der Waals surface area contributed by atoms with Gasteiger partial charge in [0.25, 0.3) is 0 Å². The lowest BCUT2D eigenvalue weighted by Gasteiger charge is -2.40. The van der Waals surface area contributed by atoms with Gasteiger partial charge in [-0.2, -0.15) is 0 Å². The first-order chi connectivity index (χ1) is 10.3. The first-order valence-corrected chi connectivity index (χ1v) is 8.85. The van der Waals surface area contributed by atoms with Crippen LogP contribution in [0, 0.1) is 5.92 Å². The van der Waals surface area contributed by atoms with Crippen LogP contribution in [0.2, 0.25) is 0 Å². The van der Waals surface area contributed by atoms with Crippen molar-refractivity contribution in [3.63, 3.8) is 0 Å². The van der Waals surface area contributed by atoms with Crippen LogP contribution in [0.5, 0.6) is 0 Å². The Morgan fingerprint density at radius 1 is 1.10 bits per heavy atom. The van der Waals surface area contributed by atoms with Gasteiger partial charge in [0.15, 0.2) is 0 Å². The van der Waals surface area contributed by atoms with Crippen molar-refractivity contribution in [3.05, 3.63) is 35.4 Å². The number of likely N-dealkylation sites (tertiary alicyclic amines) is 1. The van der Waals surface area contributed by atoms with E-state index in [1.54, 1.807) is 11.1 Å². The highest BCUT2D eigenvalue weighted by Gasteiger charge is 2.33. The van der Waals surface area contributed by atoms with Gasteiger partial charge in [0, 0.05) is 18.6 Å². The van der Waals surface area contributed by atoms with E-state index in [9.17, 15) is 0 Å². The zero-order valence-electron chi connectivity index (χ0n) is 13.2. The lowest BCUT2D eigenvalue weighted by molar-refractivity contribution is 0.119. The lowest BCUT2D eigenvalue weighted by Crippen LogP contribution is -2.41. The Labute approximate surface area is 128 Å².